The zero-order chi connectivity index (χ0) is 20.2. The van der Waals surface area contributed by atoms with Crippen molar-refractivity contribution in [2.75, 3.05) is 18.0 Å². The van der Waals surface area contributed by atoms with Gasteiger partial charge >= 0.3 is 11.8 Å². The summed E-state index contributed by atoms with van der Waals surface area (Å²) < 4.78 is 5.21. The molecule has 1 aliphatic rings. The van der Waals surface area contributed by atoms with E-state index in [-0.39, 0.29) is 17.8 Å². The second-order valence-corrected chi connectivity index (χ2v) is 7.60. The van der Waals surface area contributed by atoms with E-state index in [0.717, 1.165) is 48.8 Å². The Morgan fingerprint density at radius 3 is 2.72 bits per heavy atom. The maximum Gasteiger partial charge on any atom is 0.316 e. The van der Waals surface area contributed by atoms with Gasteiger partial charge in [0.1, 0.15) is 5.82 Å². The molecule has 7 nitrogen and oxygen atoms in total. The number of piperidine rings is 1. The van der Waals surface area contributed by atoms with E-state index in [9.17, 15) is 4.79 Å². The van der Waals surface area contributed by atoms with Crippen LogP contribution in [0, 0.1) is 5.92 Å². The molecular weight excluding hydrogens is 366 g/mol. The summed E-state index contributed by atoms with van der Waals surface area (Å²) >= 11 is 0. The second kappa shape index (κ2) is 8.43. The number of nitrogens with one attached hydrogen (secondary N) is 1. The number of anilines is 1. The highest BCUT2D eigenvalue weighted by atomic mass is 16.5. The number of pyridine rings is 1. The number of rotatable bonds is 5. The highest BCUT2D eigenvalue weighted by Gasteiger charge is 2.21. The third kappa shape index (κ3) is 4.45. The lowest BCUT2D eigenvalue weighted by molar-refractivity contribution is 0.0895. The van der Waals surface area contributed by atoms with E-state index in [4.69, 9.17) is 4.52 Å². The van der Waals surface area contributed by atoms with Crippen molar-refractivity contribution in [1.82, 2.24) is 20.4 Å². The van der Waals surface area contributed by atoms with Crippen molar-refractivity contribution in [3.05, 3.63) is 60.1 Å². The summed E-state index contributed by atoms with van der Waals surface area (Å²) in [5, 5.41) is 6.88. The zero-order valence-electron chi connectivity index (χ0n) is 16.7. The molecule has 3 heterocycles. The second-order valence-electron chi connectivity index (χ2n) is 7.60. The standard InChI is InChI=1S/C22H25N5O2/c1-15-9-12-27(13-10-15)19-14-18(8-11-23-19)20-25-22(29-26-20)21(28)24-16(2)17-6-4-3-5-7-17/h3-8,11,14-16H,9-10,12-13H2,1-2H3,(H,24,28)/t16-/m1/s1. The van der Waals surface area contributed by atoms with Crippen LogP contribution in [0.2, 0.25) is 0 Å². The number of carbonyl (C=O) groups excluding carboxylic acids is 1. The molecule has 150 valence electrons. The van der Waals surface area contributed by atoms with Gasteiger partial charge < -0.3 is 14.7 Å². The highest BCUT2D eigenvalue weighted by Crippen LogP contribution is 2.25. The quantitative estimate of drug-likeness (QED) is 0.711. The molecule has 0 bridgehead atoms. The van der Waals surface area contributed by atoms with Crippen LogP contribution in [0.3, 0.4) is 0 Å². The Hall–Kier alpha value is -3.22. The fraction of sp³-hybridized carbons (Fsp3) is 0.364. The molecule has 1 atom stereocenters. The molecule has 2 aromatic heterocycles. The van der Waals surface area contributed by atoms with Crippen LogP contribution in [0.4, 0.5) is 5.82 Å². The molecule has 0 saturated carbocycles. The molecule has 29 heavy (non-hydrogen) atoms. The molecule has 1 saturated heterocycles. The Balaban J connectivity index is 1.46. The van der Waals surface area contributed by atoms with E-state index in [2.05, 4.69) is 32.3 Å². The Bertz CT molecular complexity index is 964. The third-order valence-electron chi connectivity index (χ3n) is 5.38. The fourth-order valence-electron chi connectivity index (χ4n) is 3.48. The van der Waals surface area contributed by atoms with Crippen molar-refractivity contribution >= 4 is 11.7 Å². The molecule has 0 unspecified atom stereocenters. The molecule has 1 aliphatic heterocycles. The van der Waals surface area contributed by atoms with E-state index >= 15 is 0 Å². The minimum absolute atomic E-state index is 0.0482. The van der Waals surface area contributed by atoms with Crippen LogP contribution < -0.4 is 10.2 Å². The molecule has 7 heteroatoms. The molecule has 0 radical (unpaired) electrons. The molecule has 0 spiro atoms. The van der Waals surface area contributed by atoms with Gasteiger partial charge in [-0.3, -0.25) is 4.79 Å². The van der Waals surface area contributed by atoms with Crippen LogP contribution >= 0.6 is 0 Å². The van der Waals surface area contributed by atoms with Crippen LogP contribution in [0.15, 0.2) is 53.2 Å². The first kappa shape index (κ1) is 19.1. The van der Waals surface area contributed by atoms with Gasteiger partial charge in [0.05, 0.1) is 6.04 Å². The smallest absolute Gasteiger partial charge is 0.316 e. The van der Waals surface area contributed by atoms with Crippen LogP contribution in [-0.2, 0) is 0 Å². The van der Waals surface area contributed by atoms with Crippen molar-refractivity contribution in [3.63, 3.8) is 0 Å². The van der Waals surface area contributed by atoms with Gasteiger partial charge in [-0.25, -0.2) is 4.98 Å². The van der Waals surface area contributed by atoms with Crippen molar-refractivity contribution < 1.29 is 9.32 Å². The summed E-state index contributed by atoms with van der Waals surface area (Å²) in [6.07, 6.45) is 4.08. The molecule has 1 N–H and O–H groups in total. The largest absolute Gasteiger partial charge is 0.357 e. The summed E-state index contributed by atoms with van der Waals surface area (Å²) in [6.45, 7) is 6.19. The lowest BCUT2D eigenvalue weighted by Crippen LogP contribution is -2.33. The van der Waals surface area contributed by atoms with Crippen molar-refractivity contribution in [2.24, 2.45) is 5.92 Å². The van der Waals surface area contributed by atoms with Crippen LogP contribution in [0.5, 0.6) is 0 Å². The lowest BCUT2D eigenvalue weighted by Gasteiger charge is -2.31. The van der Waals surface area contributed by atoms with Gasteiger partial charge in [-0.2, -0.15) is 4.98 Å². The van der Waals surface area contributed by atoms with Crippen molar-refractivity contribution in [3.8, 4) is 11.4 Å². The normalized spacial score (nSPS) is 15.9. The minimum Gasteiger partial charge on any atom is -0.357 e. The van der Waals surface area contributed by atoms with Gasteiger partial charge in [0.25, 0.3) is 0 Å². The average Bonchev–Trinajstić information content (AvgIpc) is 3.25. The third-order valence-corrected chi connectivity index (χ3v) is 5.38. The van der Waals surface area contributed by atoms with Gasteiger partial charge in [0.15, 0.2) is 0 Å². The van der Waals surface area contributed by atoms with E-state index in [1.54, 1.807) is 6.20 Å². The van der Waals surface area contributed by atoms with Crippen LogP contribution in [-0.4, -0.2) is 34.1 Å². The van der Waals surface area contributed by atoms with E-state index in [1.165, 1.54) is 0 Å². The fourth-order valence-corrected chi connectivity index (χ4v) is 3.48. The number of nitrogens with zero attached hydrogens (tertiary/aromatic N) is 4. The maximum atomic E-state index is 12.5. The summed E-state index contributed by atoms with van der Waals surface area (Å²) in [4.78, 5) is 23.5. The number of benzene rings is 1. The zero-order valence-corrected chi connectivity index (χ0v) is 16.7. The van der Waals surface area contributed by atoms with Gasteiger partial charge in [0.2, 0.25) is 5.82 Å². The molecule has 1 aromatic carbocycles. The Labute approximate surface area is 170 Å². The van der Waals surface area contributed by atoms with E-state index in [0.29, 0.717) is 5.82 Å². The maximum absolute atomic E-state index is 12.5. The van der Waals surface area contributed by atoms with Crippen LogP contribution in [0.1, 0.15) is 49.0 Å². The Morgan fingerprint density at radius 2 is 1.97 bits per heavy atom. The molecule has 0 aliphatic carbocycles. The summed E-state index contributed by atoms with van der Waals surface area (Å²) in [5.74, 6) is 1.61. The van der Waals surface area contributed by atoms with E-state index in [1.807, 2.05) is 49.4 Å². The first-order valence-corrected chi connectivity index (χ1v) is 10.0. The Kier molecular flexibility index (Phi) is 5.55. The van der Waals surface area contributed by atoms with Gasteiger partial charge in [-0.1, -0.05) is 42.4 Å². The van der Waals surface area contributed by atoms with Crippen LogP contribution in [0.25, 0.3) is 11.4 Å². The van der Waals surface area contributed by atoms with Gasteiger partial charge in [-0.15, -0.1) is 0 Å². The van der Waals surface area contributed by atoms with Gasteiger partial charge in [0, 0.05) is 24.8 Å². The first-order chi connectivity index (χ1) is 14.1. The number of amides is 1. The first-order valence-electron chi connectivity index (χ1n) is 10.0. The molecule has 1 fully saturated rings. The predicted molar refractivity (Wildman–Crippen MR) is 110 cm³/mol. The number of aromatic nitrogens is 3. The van der Waals surface area contributed by atoms with Crippen molar-refractivity contribution in [2.45, 2.75) is 32.7 Å². The Morgan fingerprint density at radius 1 is 1.21 bits per heavy atom. The van der Waals surface area contributed by atoms with Gasteiger partial charge in [-0.05, 0) is 43.4 Å². The number of hydrogen-bond acceptors (Lipinski definition) is 6. The number of carbonyl (C=O) groups is 1. The van der Waals surface area contributed by atoms with E-state index < -0.39 is 0 Å². The SMILES string of the molecule is CC1CCN(c2cc(-c3noc(C(=O)N[C@H](C)c4ccccc4)n3)ccn2)CC1. The summed E-state index contributed by atoms with van der Waals surface area (Å²) in [6, 6.07) is 13.4. The molecule has 3 aromatic rings. The highest BCUT2D eigenvalue weighted by molar-refractivity contribution is 5.90. The monoisotopic (exact) mass is 391 g/mol. The lowest BCUT2D eigenvalue weighted by atomic mass is 9.99. The minimum atomic E-state index is -0.389. The predicted octanol–water partition coefficient (Wildman–Crippen LogP) is 3.86. The number of hydrogen-bond donors (Lipinski definition) is 1. The van der Waals surface area contributed by atoms with Crippen molar-refractivity contribution in [1.29, 1.82) is 0 Å². The summed E-state index contributed by atoms with van der Waals surface area (Å²) in [7, 11) is 0. The average molecular weight is 391 g/mol. The molecule has 4 rings (SSSR count). The molecular formula is C22H25N5O2. The molecule has 1 amide bonds. The summed E-state index contributed by atoms with van der Waals surface area (Å²) in [5.41, 5.74) is 1.79. The topological polar surface area (TPSA) is 84.2 Å².